The second-order valence-electron chi connectivity index (χ2n) is 8.74. The van der Waals surface area contributed by atoms with Crippen LogP contribution in [0.2, 0.25) is 0 Å². The van der Waals surface area contributed by atoms with Crippen LogP contribution < -0.4 is 0 Å². The van der Waals surface area contributed by atoms with Crippen molar-refractivity contribution in [3.05, 3.63) is 45.5 Å². The molecule has 1 aliphatic carbocycles. The molecule has 0 saturated heterocycles. The number of nitrogens with zero attached hydrogens (tertiary/aromatic N) is 1. The molecule has 0 saturated carbocycles. The highest BCUT2D eigenvalue weighted by atomic mass is 15.0. The molecule has 0 fully saturated rings. The molecule has 0 radical (unpaired) electrons. The van der Waals surface area contributed by atoms with E-state index in [0.717, 1.165) is 0 Å². The molecule has 2 aromatic rings. The Morgan fingerprint density at radius 3 is 2.68 bits per heavy atom. The van der Waals surface area contributed by atoms with Gasteiger partial charge in [-0.25, -0.2) is 0 Å². The molecule has 1 N–H and O–H groups in total. The Morgan fingerprint density at radius 2 is 1.96 bits per heavy atom. The summed E-state index contributed by atoms with van der Waals surface area (Å²) in [6.07, 6.45) is 11.5. The smallest absolute Gasteiger partial charge is 0.0343 e. The number of fused-ring (bicyclic) bond motifs is 2. The maximum Gasteiger partial charge on any atom is 0.0343 e. The zero-order chi connectivity index (χ0) is 17.7. The fraction of sp³-hybridized carbons (Fsp3) is 0.652. The second-order valence-corrected chi connectivity index (χ2v) is 8.74. The van der Waals surface area contributed by atoms with Crippen molar-refractivity contribution in [1.82, 2.24) is 9.55 Å². The van der Waals surface area contributed by atoms with E-state index in [1.165, 1.54) is 61.9 Å². The number of aromatic amines is 1. The van der Waals surface area contributed by atoms with Crippen molar-refractivity contribution in [1.29, 1.82) is 0 Å². The standard InChI is InChI=1S/C23H34N2/c1-6-17(23-16(5)24-20-9-7-8-19(20)23)12-18-10-11-21-22(14(2)3)15(4)13-25(18)21/h13-14,17-18,24H,6-12H2,1-5H3. The molecule has 3 heterocycles. The molecule has 2 unspecified atom stereocenters. The fourth-order valence-electron chi connectivity index (χ4n) is 5.84. The Balaban J connectivity index is 1.62. The minimum absolute atomic E-state index is 0.646. The lowest BCUT2D eigenvalue weighted by atomic mass is 9.86. The normalized spacial score (nSPS) is 20.3. The van der Waals surface area contributed by atoms with Gasteiger partial charge in [-0.05, 0) is 92.9 Å². The van der Waals surface area contributed by atoms with Crippen LogP contribution in [0.4, 0.5) is 0 Å². The fourth-order valence-corrected chi connectivity index (χ4v) is 5.84. The molecule has 0 spiro atoms. The first-order chi connectivity index (χ1) is 12.0. The van der Waals surface area contributed by atoms with E-state index in [2.05, 4.69) is 50.4 Å². The summed E-state index contributed by atoms with van der Waals surface area (Å²) in [5.74, 6) is 1.35. The highest BCUT2D eigenvalue weighted by Gasteiger charge is 2.31. The third-order valence-electron chi connectivity index (χ3n) is 6.81. The van der Waals surface area contributed by atoms with Gasteiger partial charge in [-0.2, -0.15) is 0 Å². The Bertz CT molecular complexity index is 775. The van der Waals surface area contributed by atoms with Crippen molar-refractivity contribution in [2.24, 2.45) is 0 Å². The molecule has 4 rings (SSSR count). The van der Waals surface area contributed by atoms with Crippen molar-refractivity contribution in [3.63, 3.8) is 0 Å². The first-order valence-electron chi connectivity index (χ1n) is 10.4. The monoisotopic (exact) mass is 338 g/mol. The summed E-state index contributed by atoms with van der Waals surface area (Å²) >= 11 is 0. The third-order valence-corrected chi connectivity index (χ3v) is 6.81. The molecule has 2 nitrogen and oxygen atoms in total. The summed E-state index contributed by atoms with van der Waals surface area (Å²) in [5, 5.41) is 0. The molecular formula is C23H34N2. The number of H-pyrrole nitrogens is 1. The van der Waals surface area contributed by atoms with Crippen molar-refractivity contribution >= 4 is 0 Å². The van der Waals surface area contributed by atoms with Gasteiger partial charge >= 0.3 is 0 Å². The molecule has 1 aliphatic heterocycles. The summed E-state index contributed by atoms with van der Waals surface area (Å²) in [6.45, 7) is 11.7. The van der Waals surface area contributed by atoms with E-state index < -0.39 is 0 Å². The minimum atomic E-state index is 0.646. The van der Waals surface area contributed by atoms with E-state index in [0.29, 0.717) is 17.9 Å². The molecule has 136 valence electrons. The topological polar surface area (TPSA) is 20.7 Å². The van der Waals surface area contributed by atoms with Crippen LogP contribution in [-0.4, -0.2) is 9.55 Å². The van der Waals surface area contributed by atoms with E-state index in [1.807, 2.05) is 0 Å². The van der Waals surface area contributed by atoms with Crippen LogP contribution in [0.3, 0.4) is 0 Å². The highest BCUT2D eigenvalue weighted by Crippen LogP contribution is 2.43. The quantitative estimate of drug-likeness (QED) is 0.678. The van der Waals surface area contributed by atoms with Crippen LogP contribution in [0, 0.1) is 13.8 Å². The molecule has 0 amide bonds. The zero-order valence-corrected chi connectivity index (χ0v) is 16.7. The van der Waals surface area contributed by atoms with E-state index in [-0.39, 0.29) is 0 Å². The van der Waals surface area contributed by atoms with E-state index in [1.54, 1.807) is 22.4 Å². The number of aryl methyl sites for hydroxylation is 3. The second kappa shape index (κ2) is 6.37. The van der Waals surface area contributed by atoms with Gasteiger partial charge in [-0.1, -0.05) is 20.8 Å². The van der Waals surface area contributed by atoms with Gasteiger partial charge in [-0.15, -0.1) is 0 Å². The van der Waals surface area contributed by atoms with Gasteiger partial charge in [0, 0.05) is 29.3 Å². The van der Waals surface area contributed by atoms with Crippen LogP contribution in [0.25, 0.3) is 0 Å². The van der Waals surface area contributed by atoms with E-state index >= 15 is 0 Å². The maximum absolute atomic E-state index is 3.71. The SMILES string of the molecule is CCC(CC1CCc2c(C(C)C)c(C)cn21)c1c(C)[nH]c2c1CCC2. The Morgan fingerprint density at radius 1 is 1.16 bits per heavy atom. The van der Waals surface area contributed by atoms with Crippen molar-refractivity contribution in [2.75, 3.05) is 0 Å². The number of hydrogen-bond acceptors (Lipinski definition) is 0. The van der Waals surface area contributed by atoms with Gasteiger partial charge in [0.25, 0.3) is 0 Å². The average molecular weight is 339 g/mol. The average Bonchev–Trinajstić information content (AvgIpc) is 3.27. The molecule has 2 heteroatoms. The Labute approximate surface area is 153 Å². The predicted molar refractivity (Wildman–Crippen MR) is 106 cm³/mol. The number of rotatable bonds is 5. The van der Waals surface area contributed by atoms with E-state index in [9.17, 15) is 0 Å². The van der Waals surface area contributed by atoms with Crippen molar-refractivity contribution < 1.29 is 0 Å². The first kappa shape index (κ1) is 17.0. The van der Waals surface area contributed by atoms with Gasteiger partial charge in [0.15, 0.2) is 0 Å². The largest absolute Gasteiger partial charge is 0.362 e. The lowest BCUT2D eigenvalue weighted by Crippen LogP contribution is -2.10. The summed E-state index contributed by atoms with van der Waals surface area (Å²) < 4.78 is 2.65. The first-order valence-corrected chi connectivity index (χ1v) is 10.4. The van der Waals surface area contributed by atoms with Crippen LogP contribution >= 0.6 is 0 Å². The van der Waals surface area contributed by atoms with Crippen LogP contribution in [0.5, 0.6) is 0 Å². The molecule has 2 aliphatic rings. The van der Waals surface area contributed by atoms with Crippen LogP contribution in [0.15, 0.2) is 6.20 Å². The maximum atomic E-state index is 3.71. The van der Waals surface area contributed by atoms with Gasteiger partial charge < -0.3 is 9.55 Å². The Hall–Kier alpha value is -1.44. The number of nitrogens with one attached hydrogen (secondary N) is 1. The number of aromatic nitrogens is 2. The summed E-state index contributed by atoms with van der Waals surface area (Å²) in [6, 6.07) is 0.692. The van der Waals surface area contributed by atoms with Gasteiger partial charge in [0.05, 0.1) is 0 Å². The van der Waals surface area contributed by atoms with Crippen molar-refractivity contribution in [3.8, 4) is 0 Å². The van der Waals surface area contributed by atoms with Crippen molar-refractivity contribution in [2.45, 2.75) is 97.4 Å². The summed E-state index contributed by atoms with van der Waals surface area (Å²) in [4.78, 5) is 3.71. The number of hydrogen-bond donors (Lipinski definition) is 1. The highest BCUT2D eigenvalue weighted by molar-refractivity contribution is 5.42. The minimum Gasteiger partial charge on any atom is -0.362 e. The van der Waals surface area contributed by atoms with Crippen LogP contribution in [-0.2, 0) is 19.3 Å². The Kier molecular flexibility index (Phi) is 4.33. The molecule has 0 bridgehead atoms. The summed E-state index contributed by atoms with van der Waals surface area (Å²) in [5.41, 5.74) is 11.1. The third kappa shape index (κ3) is 2.69. The molecule has 25 heavy (non-hydrogen) atoms. The molecule has 0 aromatic carbocycles. The summed E-state index contributed by atoms with van der Waals surface area (Å²) in [7, 11) is 0. The molecule has 2 aromatic heterocycles. The van der Waals surface area contributed by atoms with E-state index in [4.69, 9.17) is 0 Å². The predicted octanol–water partition coefficient (Wildman–Crippen LogP) is 6.12. The zero-order valence-electron chi connectivity index (χ0n) is 16.7. The van der Waals surface area contributed by atoms with Gasteiger partial charge in [0.1, 0.15) is 0 Å². The lowest BCUT2D eigenvalue weighted by Gasteiger charge is -2.23. The van der Waals surface area contributed by atoms with Gasteiger partial charge in [-0.3, -0.25) is 0 Å². The molecule has 2 atom stereocenters. The molecular weight excluding hydrogens is 304 g/mol. The van der Waals surface area contributed by atoms with Crippen LogP contribution in [0.1, 0.15) is 104 Å². The van der Waals surface area contributed by atoms with Gasteiger partial charge in [0.2, 0.25) is 0 Å². The lowest BCUT2D eigenvalue weighted by molar-refractivity contribution is 0.429.